The van der Waals surface area contributed by atoms with Crippen LogP contribution >= 0.6 is 0 Å². The molecule has 0 saturated carbocycles. The molecular weight excluding hydrogens is 338 g/mol. The largest absolute Gasteiger partial charge is 0.347 e. The monoisotopic (exact) mass is 375 g/mol. The van der Waals surface area contributed by atoms with Crippen molar-refractivity contribution in [3.63, 3.8) is 0 Å². The van der Waals surface area contributed by atoms with Crippen molar-refractivity contribution in [2.45, 2.75) is 96.8 Å². The Labute approximate surface area is 165 Å². The summed E-state index contributed by atoms with van der Waals surface area (Å²) in [6.45, 7) is 16.3. The molecule has 2 aliphatic heterocycles. The average molecular weight is 376 g/mol. The van der Waals surface area contributed by atoms with E-state index in [1.165, 1.54) is 5.56 Å². The van der Waals surface area contributed by atoms with Crippen molar-refractivity contribution in [2.75, 3.05) is 6.61 Å². The van der Waals surface area contributed by atoms with E-state index in [-0.39, 0.29) is 29.2 Å². The molecule has 0 bridgehead atoms. The molecule has 6 unspecified atom stereocenters. The fourth-order valence-corrected chi connectivity index (χ4v) is 4.92. The van der Waals surface area contributed by atoms with Gasteiger partial charge in [0.25, 0.3) is 0 Å². The first-order valence-electron chi connectivity index (χ1n) is 10.5. The summed E-state index contributed by atoms with van der Waals surface area (Å²) in [5, 5.41) is 2.29. The molecule has 0 radical (unpaired) electrons. The Morgan fingerprint density at radius 1 is 1.15 bits per heavy atom. The molecule has 152 valence electrons. The van der Waals surface area contributed by atoms with Crippen molar-refractivity contribution in [3.8, 4) is 0 Å². The summed E-state index contributed by atoms with van der Waals surface area (Å²) in [5.74, 6) is -0.326. The van der Waals surface area contributed by atoms with Gasteiger partial charge in [-0.15, -0.1) is 0 Å². The normalized spacial score (nSPS) is 41.1. The van der Waals surface area contributed by atoms with E-state index in [1.54, 1.807) is 0 Å². The Balaban J connectivity index is 1.96. The second-order valence-electron chi connectivity index (χ2n) is 8.96. The van der Waals surface area contributed by atoms with Gasteiger partial charge in [0.15, 0.2) is 5.79 Å². The molecule has 2 aliphatic rings. The molecule has 2 saturated heterocycles. The van der Waals surface area contributed by atoms with Crippen molar-refractivity contribution in [1.82, 2.24) is 5.06 Å². The van der Waals surface area contributed by atoms with Crippen LogP contribution in [0.5, 0.6) is 0 Å². The first-order valence-corrected chi connectivity index (χ1v) is 10.5. The van der Waals surface area contributed by atoms with Crippen molar-refractivity contribution >= 4 is 0 Å². The molecule has 4 heteroatoms. The van der Waals surface area contributed by atoms with E-state index in [0.29, 0.717) is 6.61 Å². The molecule has 27 heavy (non-hydrogen) atoms. The topological polar surface area (TPSA) is 30.9 Å². The molecule has 2 heterocycles. The fraction of sp³-hybridized carbons (Fsp3) is 0.739. The standard InChI is InChI=1S/C23H37NO3/c1-8-21(6)16-23(25-15-17(3)26-23)19(5)22(7,9-2)24(21)27-18(4)20-13-11-10-12-14-20/h10-14,17-19H,8-9,15-16H2,1-7H3. The van der Waals surface area contributed by atoms with Gasteiger partial charge in [-0.1, -0.05) is 51.1 Å². The average Bonchev–Trinajstić information content (AvgIpc) is 3.05. The SMILES string of the molecule is CCC1(C)CC2(OCC(C)O2)C(C)C(C)(CC)N1OC(C)c1ccccc1. The van der Waals surface area contributed by atoms with E-state index in [9.17, 15) is 0 Å². The van der Waals surface area contributed by atoms with Crippen LogP contribution in [0.3, 0.4) is 0 Å². The second kappa shape index (κ2) is 7.47. The van der Waals surface area contributed by atoms with Crippen LogP contribution in [0.15, 0.2) is 30.3 Å². The van der Waals surface area contributed by atoms with Crippen LogP contribution in [0.4, 0.5) is 0 Å². The number of hydrogen-bond acceptors (Lipinski definition) is 4. The highest BCUT2D eigenvalue weighted by atomic mass is 16.8. The minimum atomic E-state index is -0.523. The van der Waals surface area contributed by atoms with Crippen LogP contribution in [-0.4, -0.2) is 34.6 Å². The number of hydroxylamine groups is 2. The van der Waals surface area contributed by atoms with Gasteiger partial charge in [-0.25, -0.2) is 0 Å². The van der Waals surface area contributed by atoms with Crippen LogP contribution in [-0.2, 0) is 14.3 Å². The minimum Gasteiger partial charge on any atom is -0.347 e. The van der Waals surface area contributed by atoms with Gasteiger partial charge in [-0.05, 0) is 46.1 Å². The molecule has 1 spiro atoms. The molecule has 0 aromatic heterocycles. The van der Waals surface area contributed by atoms with Crippen molar-refractivity contribution in [2.24, 2.45) is 5.92 Å². The Kier molecular flexibility index (Phi) is 5.75. The summed E-state index contributed by atoms with van der Waals surface area (Å²) in [6, 6.07) is 10.5. The number of nitrogens with zero attached hydrogens (tertiary/aromatic N) is 1. The summed E-state index contributed by atoms with van der Waals surface area (Å²) in [6.07, 6.45) is 2.89. The zero-order valence-electron chi connectivity index (χ0n) is 18.1. The van der Waals surface area contributed by atoms with Gasteiger partial charge < -0.3 is 9.47 Å². The smallest absolute Gasteiger partial charge is 0.175 e. The Bertz CT molecular complexity index is 638. The highest BCUT2D eigenvalue weighted by molar-refractivity contribution is 5.17. The quantitative estimate of drug-likeness (QED) is 0.681. The highest BCUT2D eigenvalue weighted by Gasteiger charge is 2.63. The third-order valence-corrected chi connectivity index (χ3v) is 7.15. The van der Waals surface area contributed by atoms with Gasteiger partial charge in [0, 0.05) is 17.9 Å². The van der Waals surface area contributed by atoms with Crippen molar-refractivity contribution in [1.29, 1.82) is 0 Å². The van der Waals surface area contributed by atoms with Gasteiger partial charge in [-0.3, -0.25) is 4.84 Å². The molecule has 1 aromatic carbocycles. The third kappa shape index (κ3) is 3.46. The maximum atomic E-state index is 6.71. The lowest BCUT2D eigenvalue weighted by Crippen LogP contribution is -2.71. The lowest BCUT2D eigenvalue weighted by Gasteiger charge is -2.62. The van der Waals surface area contributed by atoms with E-state index in [1.807, 2.05) is 6.07 Å². The molecule has 0 aliphatic carbocycles. The lowest BCUT2D eigenvalue weighted by molar-refractivity contribution is -0.379. The van der Waals surface area contributed by atoms with E-state index in [4.69, 9.17) is 14.3 Å². The predicted molar refractivity (Wildman–Crippen MR) is 108 cm³/mol. The summed E-state index contributed by atoms with van der Waals surface area (Å²) in [7, 11) is 0. The summed E-state index contributed by atoms with van der Waals surface area (Å²) in [5.41, 5.74) is 0.852. The zero-order valence-corrected chi connectivity index (χ0v) is 18.1. The van der Waals surface area contributed by atoms with Crippen molar-refractivity contribution in [3.05, 3.63) is 35.9 Å². The second-order valence-corrected chi connectivity index (χ2v) is 8.96. The number of rotatable bonds is 5. The van der Waals surface area contributed by atoms with Gasteiger partial charge >= 0.3 is 0 Å². The fourth-order valence-electron chi connectivity index (χ4n) is 4.92. The van der Waals surface area contributed by atoms with Crippen LogP contribution in [0.2, 0.25) is 0 Å². The Morgan fingerprint density at radius 3 is 2.33 bits per heavy atom. The van der Waals surface area contributed by atoms with Crippen LogP contribution < -0.4 is 0 Å². The van der Waals surface area contributed by atoms with E-state index >= 15 is 0 Å². The molecule has 2 fully saturated rings. The number of hydrogen-bond donors (Lipinski definition) is 0. The molecule has 6 atom stereocenters. The Hall–Kier alpha value is -0.940. The molecular formula is C23H37NO3. The molecule has 0 N–H and O–H groups in total. The molecule has 0 amide bonds. The first-order chi connectivity index (χ1) is 12.7. The highest BCUT2D eigenvalue weighted by Crippen LogP contribution is 2.54. The number of ether oxygens (including phenoxy) is 2. The van der Waals surface area contributed by atoms with Crippen molar-refractivity contribution < 1.29 is 14.3 Å². The predicted octanol–water partition coefficient (Wildman–Crippen LogP) is 5.49. The van der Waals surface area contributed by atoms with Crippen LogP contribution in [0.1, 0.15) is 79.4 Å². The maximum Gasteiger partial charge on any atom is 0.175 e. The number of benzene rings is 1. The summed E-state index contributed by atoms with van der Waals surface area (Å²) < 4.78 is 12.8. The van der Waals surface area contributed by atoms with E-state index in [0.717, 1.165) is 19.3 Å². The van der Waals surface area contributed by atoms with Crippen LogP contribution in [0.25, 0.3) is 0 Å². The lowest BCUT2D eigenvalue weighted by atomic mass is 9.67. The van der Waals surface area contributed by atoms with Crippen LogP contribution in [0, 0.1) is 5.92 Å². The maximum absolute atomic E-state index is 6.71. The number of piperidine rings is 1. The van der Waals surface area contributed by atoms with E-state index in [2.05, 4.69) is 77.8 Å². The van der Waals surface area contributed by atoms with Gasteiger partial charge in [0.05, 0.1) is 18.2 Å². The molecule has 1 aromatic rings. The van der Waals surface area contributed by atoms with Gasteiger partial charge in [-0.2, -0.15) is 5.06 Å². The minimum absolute atomic E-state index is 0.00598. The van der Waals surface area contributed by atoms with Gasteiger partial charge in [0.2, 0.25) is 0 Å². The molecule has 4 nitrogen and oxygen atoms in total. The first kappa shape index (κ1) is 20.8. The Morgan fingerprint density at radius 2 is 1.81 bits per heavy atom. The third-order valence-electron chi connectivity index (χ3n) is 7.15. The molecule has 3 rings (SSSR count). The summed E-state index contributed by atoms with van der Waals surface area (Å²) >= 11 is 0. The van der Waals surface area contributed by atoms with Gasteiger partial charge in [0.1, 0.15) is 6.10 Å². The summed E-state index contributed by atoms with van der Waals surface area (Å²) in [4.78, 5) is 6.71. The van der Waals surface area contributed by atoms with E-state index < -0.39 is 5.79 Å². The zero-order chi connectivity index (χ0) is 19.9.